The predicted octanol–water partition coefficient (Wildman–Crippen LogP) is 2.36. The fourth-order valence-electron chi connectivity index (χ4n) is 0.441. The van der Waals surface area contributed by atoms with Crippen molar-refractivity contribution in [2.24, 2.45) is 0 Å². The minimum absolute atomic E-state index is 0.749. The van der Waals surface area contributed by atoms with Crippen molar-refractivity contribution in [2.45, 2.75) is 13.3 Å². The molecule has 0 aromatic heterocycles. The maximum absolute atomic E-state index is 5.15. The normalized spacial score (nSPS) is 10.9. The average molecular weight is 193 g/mol. The first-order valence-electron chi connectivity index (χ1n) is 3.20. The summed E-state index contributed by atoms with van der Waals surface area (Å²) in [5.41, 5.74) is 0. The molecule has 0 aromatic rings. The minimum atomic E-state index is 0.749. The Morgan fingerprint density at radius 2 is 2.22 bits per heavy atom. The topological polar surface area (TPSA) is 9.23 Å². The van der Waals surface area contributed by atoms with Gasteiger partial charge in [-0.15, -0.1) is 0 Å². The number of alkyl halides is 1. The number of ether oxygens (including phenoxy) is 1. The van der Waals surface area contributed by atoms with Crippen LogP contribution in [0.25, 0.3) is 0 Å². The summed E-state index contributed by atoms with van der Waals surface area (Å²) in [7, 11) is 0. The zero-order chi connectivity index (χ0) is 6.95. The number of hydrogen-bond donors (Lipinski definition) is 0. The van der Waals surface area contributed by atoms with Gasteiger partial charge in [0.15, 0.2) is 0 Å². The van der Waals surface area contributed by atoms with Crippen LogP contribution in [0, 0.1) is 0 Å². The average Bonchev–Trinajstić information content (AvgIpc) is 1.89. The van der Waals surface area contributed by atoms with Crippen LogP contribution in [0.3, 0.4) is 0 Å². The predicted molar refractivity (Wildman–Crippen MR) is 44.0 cm³/mol. The van der Waals surface area contributed by atoms with E-state index < -0.39 is 0 Å². The molecular weight excluding hydrogens is 180 g/mol. The molecule has 0 fully saturated rings. The number of halogens is 1. The highest BCUT2D eigenvalue weighted by Gasteiger charge is 1.78. The van der Waals surface area contributed by atoms with Crippen LogP contribution >= 0.6 is 15.9 Å². The Balaban J connectivity index is 2.82. The summed E-state index contributed by atoms with van der Waals surface area (Å²) in [5.74, 6) is 0. The molecule has 0 radical (unpaired) electrons. The van der Waals surface area contributed by atoms with Crippen LogP contribution in [0.15, 0.2) is 12.2 Å². The van der Waals surface area contributed by atoms with E-state index in [1.165, 1.54) is 0 Å². The lowest BCUT2D eigenvalue weighted by Crippen LogP contribution is -1.93. The molecule has 0 aromatic carbocycles. The third kappa shape index (κ3) is 8.18. The first-order chi connectivity index (χ1) is 4.41. The molecule has 0 heterocycles. The molecule has 54 valence electrons. The van der Waals surface area contributed by atoms with Crippen LogP contribution in [-0.4, -0.2) is 18.5 Å². The summed E-state index contributed by atoms with van der Waals surface area (Å²) < 4.78 is 5.15. The van der Waals surface area contributed by atoms with Gasteiger partial charge in [0, 0.05) is 5.33 Å². The summed E-state index contributed by atoms with van der Waals surface area (Å²) >= 11 is 3.27. The Bertz CT molecular complexity index is 71.3. The molecule has 0 N–H and O–H groups in total. The van der Waals surface area contributed by atoms with Gasteiger partial charge < -0.3 is 4.74 Å². The summed E-state index contributed by atoms with van der Waals surface area (Å²) in [6.45, 7) is 3.66. The molecule has 0 amide bonds. The van der Waals surface area contributed by atoms with Gasteiger partial charge >= 0.3 is 0 Å². The third-order valence-corrected chi connectivity index (χ3v) is 1.16. The molecular formula is C7H13BrO. The van der Waals surface area contributed by atoms with Gasteiger partial charge in [-0.25, -0.2) is 0 Å². The van der Waals surface area contributed by atoms with Gasteiger partial charge in [-0.05, 0) is 6.42 Å². The van der Waals surface area contributed by atoms with E-state index in [0.717, 1.165) is 25.0 Å². The number of hydrogen-bond acceptors (Lipinski definition) is 1. The summed E-state index contributed by atoms with van der Waals surface area (Å²) in [5, 5.41) is 0.924. The Morgan fingerprint density at radius 1 is 1.44 bits per heavy atom. The maximum atomic E-state index is 5.15. The van der Waals surface area contributed by atoms with Crippen LogP contribution in [0.2, 0.25) is 0 Å². The molecule has 0 rings (SSSR count). The Labute approximate surface area is 65.2 Å². The van der Waals surface area contributed by atoms with Crippen molar-refractivity contribution in [1.29, 1.82) is 0 Å². The van der Waals surface area contributed by atoms with Crippen LogP contribution < -0.4 is 0 Å². The van der Waals surface area contributed by atoms with Gasteiger partial charge in [0.25, 0.3) is 0 Å². The van der Waals surface area contributed by atoms with Crippen molar-refractivity contribution in [3.8, 4) is 0 Å². The van der Waals surface area contributed by atoms with Crippen molar-refractivity contribution >= 4 is 15.9 Å². The highest BCUT2D eigenvalue weighted by atomic mass is 79.9. The van der Waals surface area contributed by atoms with E-state index in [2.05, 4.69) is 28.9 Å². The smallest absolute Gasteiger partial charge is 0.0647 e. The largest absolute Gasteiger partial charge is 0.377 e. The standard InChI is InChI=1S/C7H13BrO/c1-2-3-4-6-9-7-5-8/h3-4H,2,5-7H2,1H3/b4-3+. The summed E-state index contributed by atoms with van der Waals surface area (Å²) in [4.78, 5) is 0. The van der Waals surface area contributed by atoms with Crippen molar-refractivity contribution in [3.63, 3.8) is 0 Å². The lowest BCUT2D eigenvalue weighted by atomic mass is 10.4. The van der Waals surface area contributed by atoms with E-state index in [-0.39, 0.29) is 0 Å². The second kappa shape index (κ2) is 8.18. The monoisotopic (exact) mass is 192 g/mol. The molecule has 9 heavy (non-hydrogen) atoms. The van der Waals surface area contributed by atoms with E-state index in [1.807, 2.05) is 6.08 Å². The van der Waals surface area contributed by atoms with Crippen LogP contribution in [0.4, 0.5) is 0 Å². The van der Waals surface area contributed by atoms with E-state index >= 15 is 0 Å². The van der Waals surface area contributed by atoms with Crippen molar-refractivity contribution < 1.29 is 4.74 Å². The van der Waals surface area contributed by atoms with Crippen molar-refractivity contribution in [1.82, 2.24) is 0 Å². The minimum Gasteiger partial charge on any atom is -0.377 e. The lowest BCUT2D eigenvalue weighted by molar-refractivity contribution is 0.181. The Kier molecular flexibility index (Phi) is 8.34. The summed E-state index contributed by atoms with van der Waals surface area (Å²) in [6.07, 6.45) is 5.24. The van der Waals surface area contributed by atoms with Gasteiger partial charge in [-0.3, -0.25) is 0 Å². The molecule has 0 saturated heterocycles. The summed E-state index contributed by atoms with van der Waals surface area (Å²) in [6, 6.07) is 0. The molecule has 0 aliphatic heterocycles. The lowest BCUT2D eigenvalue weighted by Gasteiger charge is -1.93. The molecule has 0 saturated carbocycles. The zero-order valence-corrected chi connectivity index (χ0v) is 7.36. The van der Waals surface area contributed by atoms with Gasteiger partial charge in [-0.2, -0.15) is 0 Å². The van der Waals surface area contributed by atoms with Crippen molar-refractivity contribution in [3.05, 3.63) is 12.2 Å². The molecule has 0 aliphatic rings. The third-order valence-electron chi connectivity index (χ3n) is 0.838. The van der Waals surface area contributed by atoms with E-state index in [1.54, 1.807) is 0 Å². The SMILES string of the molecule is CC/C=C/COCCBr. The highest BCUT2D eigenvalue weighted by Crippen LogP contribution is 1.84. The van der Waals surface area contributed by atoms with Crippen LogP contribution in [-0.2, 0) is 4.74 Å². The highest BCUT2D eigenvalue weighted by molar-refractivity contribution is 9.09. The number of rotatable bonds is 5. The van der Waals surface area contributed by atoms with Gasteiger partial charge in [0.2, 0.25) is 0 Å². The van der Waals surface area contributed by atoms with Gasteiger partial charge in [-0.1, -0.05) is 35.0 Å². The Morgan fingerprint density at radius 3 is 2.78 bits per heavy atom. The van der Waals surface area contributed by atoms with Crippen molar-refractivity contribution in [2.75, 3.05) is 18.5 Å². The molecule has 2 heteroatoms. The molecule has 0 aliphatic carbocycles. The molecule has 1 nitrogen and oxygen atoms in total. The molecule has 0 spiro atoms. The number of allylic oxidation sites excluding steroid dienone is 1. The second-order valence-electron chi connectivity index (χ2n) is 1.64. The maximum Gasteiger partial charge on any atom is 0.0647 e. The molecule has 0 atom stereocenters. The zero-order valence-electron chi connectivity index (χ0n) is 5.77. The first-order valence-corrected chi connectivity index (χ1v) is 4.32. The first kappa shape index (κ1) is 9.18. The van der Waals surface area contributed by atoms with E-state index in [9.17, 15) is 0 Å². The molecule has 0 bridgehead atoms. The fraction of sp³-hybridized carbons (Fsp3) is 0.714. The van der Waals surface area contributed by atoms with Gasteiger partial charge in [0.1, 0.15) is 0 Å². The van der Waals surface area contributed by atoms with Crippen LogP contribution in [0.5, 0.6) is 0 Å². The fourth-order valence-corrected chi connectivity index (χ4v) is 0.670. The van der Waals surface area contributed by atoms with Gasteiger partial charge in [0.05, 0.1) is 13.2 Å². The Hall–Kier alpha value is 0.180. The van der Waals surface area contributed by atoms with E-state index in [4.69, 9.17) is 4.74 Å². The second-order valence-corrected chi connectivity index (χ2v) is 2.44. The van der Waals surface area contributed by atoms with Crippen LogP contribution in [0.1, 0.15) is 13.3 Å². The molecule has 0 unspecified atom stereocenters. The quantitative estimate of drug-likeness (QED) is 0.370. The van der Waals surface area contributed by atoms with E-state index in [0.29, 0.717) is 0 Å².